The second kappa shape index (κ2) is 7.30. The van der Waals surface area contributed by atoms with Crippen LogP contribution in [0, 0.1) is 5.92 Å². The second-order valence-corrected chi connectivity index (χ2v) is 4.88. The summed E-state index contributed by atoms with van der Waals surface area (Å²) in [6.45, 7) is 1.94. The number of hydrogen-bond donors (Lipinski definition) is 2. The predicted molar refractivity (Wildman–Crippen MR) is 65.7 cm³/mol. The number of rotatable bonds is 6. The first kappa shape index (κ1) is 14.0. The first-order valence-electron chi connectivity index (χ1n) is 6.65. The van der Waals surface area contributed by atoms with Gasteiger partial charge < -0.3 is 10.4 Å². The highest BCUT2D eigenvalue weighted by molar-refractivity contribution is 5.79. The van der Waals surface area contributed by atoms with Crippen molar-refractivity contribution in [2.24, 2.45) is 5.92 Å². The van der Waals surface area contributed by atoms with Gasteiger partial charge in [-0.3, -0.25) is 9.59 Å². The Hall–Kier alpha value is -1.06. The zero-order chi connectivity index (χ0) is 12.7. The van der Waals surface area contributed by atoms with Crippen LogP contribution >= 0.6 is 0 Å². The molecule has 1 fully saturated rings. The average molecular weight is 241 g/mol. The number of amides is 1. The highest BCUT2D eigenvalue weighted by Crippen LogP contribution is 2.19. The fraction of sp³-hybridized carbons (Fsp3) is 0.846. The van der Waals surface area contributed by atoms with Gasteiger partial charge in [-0.1, -0.05) is 26.2 Å². The molecule has 1 rings (SSSR count). The molecule has 0 aromatic heterocycles. The molecule has 17 heavy (non-hydrogen) atoms. The molecular weight excluding hydrogens is 218 g/mol. The van der Waals surface area contributed by atoms with E-state index in [0.717, 1.165) is 12.8 Å². The van der Waals surface area contributed by atoms with Crippen molar-refractivity contribution >= 4 is 11.9 Å². The summed E-state index contributed by atoms with van der Waals surface area (Å²) in [5.74, 6) is -0.928. The van der Waals surface area contributed by atoms with Crippen molar-refractivity contribution in [1.82, 2.24) is 5.32 Å². The Balaban J connectivity index is 2.34. The van der Waals surface area contributed by atoms with Gasteiger partial charge in [-0.15, -0.1) is 0 Å². The Kier molecular flexibility index (Phi) is 6.01. The van der Waals surface area contributed by atoms with Crippen molar-refractivity contribution in [1.29, 1.82) is 0 Å². The van der Waals surface area contributed by atoms with Gasteiger partial charge in [0.2, 0.25) is 5.91 Å². The number of carboxylic acid groups (broad SMARTS) is 1. The van der Waals surface area contributed by atoms with Gasteiger partial charge in [-0.25, -0.2) is 0 Å². The maximum absolute atomic E-state index is 12.0. The van der Waals surface area contributed by atoms with Gasteiger partial charge in [0.15, 0.2) is 0 Å². The van der Waals surface area contributed by atoms with E-state index >= 15 is 0 Å². The number of carboxylic acids is 1. The van der Waals surface area contributed by atoms with Crippen LogP contribution in [-0.2, 0) is 9.59 Å². The molecule has 1 saturated carbocycles. The Labute approximate surface area is 103 Å². The summed E-state index contributed by atoms with van der Waals surface area (Å²) in [6, 6.07) is 0.315. The Morgan fingerprint density at radius 2 is 1.94 bits per heavy atom. The molecule has 1 atom stereocenters. The van der Waals surface area contributed by atoms with Gasteiger partial charge in [0.25, 0.3) is 0 Å². The average Bonchev–Trinajstić information content (AvgIpc) is 2.30. The van der Waals surface area contributed by atoms with E-state index in [1.54, 1.807) is 0 Å². The molecule has 0 heterocycles. The summed E-state index contributed by atoms with van der Waals surface area (Å²) >= 11 is 0. The summed E-state index contributed by atoms with van der Waals surface area (Å²) in [6.07, 6.45) is 7.03. The van der Waals surface area contributed by atoms with Crippen LogP contribution in [0.25, 0.3) is 0 Å². The van der Waals surface area contributed by atoms with Crippen LogP contribution in [-0.4, -0.2) is 23.0 Å². The minimum absolute atomic E-state index is 0.0423. The molecule has 1 amide bonds. The van der Waals surface area contributed by atoms with Crippen molar-refractivity contribution in [3.8, 4) is 0 Å². The molecule has 0 radical (unpaired) electrons. The largest absolute Gasteiger partial charge is 0.481 e. The normalized spacial score (nSPS) is 18.6. The monoisotopic (exact) mass is 241 g/mol. The van der Waals surface area contributed by atoms with Crippen molar-refractivity contribution in [2.75, 3.05) is 0 Å². The van der Waals surface area contributed by atoms with Gasteiger partial charge in [-0.2, -0.15) is 0 Å². The van der Waals surface area contributed by atoms with Crippen molar-refractivity contribution in [2.45, 2.75) is 64.3 Å². The third-order valence-electron chi connectivity index (χ3n) is 3.52. The molecule has 0 aromatic rings. The molecule has 1 aliphatic carbocycles. The number of carbonyl (C=O) groups excluding carboxylic acids is 1. The molecule has 1 aliphatic rings. The summed E-state index contributed by atoms with van der Waals surface area (Å²) in [7, 11) is 0. The summed E-state index contributed by atoms with van der Waals surface area (Å²) in [5.41, 5.74) is 0. The molecule has 0 spiro atoms. The van der Waals surface area contributed by atoms with E-state index < -0.39 is 5.97 Å². The molecule has 0 saturated heterocycles. The van der Waals surface area contributed by atoms with Crippen LogP contribution in [0.4, 0.5) is 0 Å². The van der Waals surface area contributed by atoms with Crippen molar-refractivity contribution in [3.63, 3.8) is 0 Å². The Morgan fingerprint density at radius 3 is 2.47 bits per heavy atom. The second-order valence-electron chi connectivity index (χ2n) is 4.88. The van der Waals surface area contributed by atoms with Gasteiger partial charge in [0.1, 0.15) is 0 Å². The molecule has 98 valence electrons. The van der Waals surface area contributed by atoms with Gasteiger partial charge >= 0.3 is 5.97 Å². The SMILES string of the molecule is CCC(CCC(=O)O)C(=O)NC1CCCCC1. The van der Waals surface area contributed by atoms with E-state index in [-0.39, 0.29) is 18.2 Å². The lowest BCUT2D eigenvalue weighted by atomic mass is 9.93. The first-order chi connectivity index (χ1) is 8.13. The zero-order valence-corrected chi connectivity index (χ0v) is 10.6. The first-order valence-corrected chi connectivity index (χ1v) is 6.65. The van der Waals surface area contributed by atoms with Crippen LogP contribution < -0.4 is 5.32 Å². The maximum Gasteiger partial charge on any atom is 0.303 e. The molecule has 1 unspecified atom stereocenters. The number of carbonyl (C=O) groups is 2. The van der Waals surface area contributed by atoms with Crippen LogP contribution in [0.3, 0.4) is 0 Å². The minimum Gasteiger partial charge on any atom is -0.481 e. The maximum atomic E-state index is 12.0. The van der Waals surface area contributed by atoms with Crippen LogP contribution in [0.1, 0.15) is 58.3 Å². The van der Waals surface area contributed by atoms with E-state index in [9.17, 15) is 9.59 Å². The zero-order valence-electron chi connectivity index (χ0n) is 10.6. The molecular formula is C13H23NO3. The predicted octanol–water partition coefficient (Wildman–Crippen LogP) is 2.33. The molecule has 4 nitrogen and oxygen atoms in total. The van der Waals surface area contributed by atoms with E-state index in [1.165, 1.54) is 19.3 Å². The molecule has 0 aliphatic heterocycles. The minimum atomic E-state index is -0.825. The number of aliphatic carboxylic acids is 1. The lowest BCUT2D eigenvalue weighted by Gasteiger charge is -2.25. The molecule has 0 aromatic carbocycles. The van der Waals surface area contributed by atoms with E-state index in [1.807, 2.05) is 6.92 Å². The lowest BCUT2D eigenvalue weighted by molar-refractivity contribution is -0.137. The van der Waals surface area contributed by atoms with E-state index in [2.05, 4.69) is 5.32 Å². The van der Waals surface area contributed by atoms with E-state index in [0.29, 0.717) is 18.9 Å². The summed E-state index contributed by atoms with van der Waals surface area (Å²) in [5, 5.41) is 11.7. The van der Waals surface area contributed by atoms with Crippen LogP contribution in [0.2, 0.25) is 0 Å². The summed E-state index contributed by atoms with van der Waals surface area (Å²) < 4.78 is 0. The lowest BCUT2D eigenvalue weighted by Crippen LogP contribution is -2.40. The smallest absolute Gasteiger partial charge is 0.303 e. The van der Waals surface area contributed by atoms with E-state index in [4.69, 9.17) is 5.11 Å². The molecule has 4 heteroatoms. The number of nitrogens with one attached hydrogen (secondary N) is 1. The fourth-order valence-corrected chi connectivity index (χ4v) is 2.38. The molecule has 0 bridgehead atoms. The van der Waals surface area contributed by atoms with Crippen LogP contribution in [0.5, 0.6) is 0 Å². The van der Waals surface area contributed by atoms with Crippen molar-refractivity contribution in [3.05, 3.63) is 0 Å². The highest BCUT2D eigenvalue weighted by Gasteiger charge is 2.21. The Morgan fingerprint density at radius 1 is 1.29 bits per heavy atom. The fourth-order valence-electron chi connectivity index (χ4n) is 2.38. The third-order valence-corrected chi connectivity index (χ3v) is 3.52. The van der Waals surface area contributed by atoms with Crippen molar-refractivity contribution < 1.29 is 14.7 Å². The molecule has 2 N–H and O–H groups in total. The summed E-state index contributed by atoms with van der Waals surface area (Å²) in [4.78, 5) is 22.5. The highest BCUT2D eigenvalue weighted by atomic mass is 16.4. The third kappa shape index (κ3) is 5.20. The quantitative estimate of drug-likeness (QED) is 0.750. The topological polar surface area (TPSA) is 66.4 Å². The van der Waals surface area contributed by atoms with Gasteiger partial charge in [0, 0.05) is 18.4 Å². The number of hydrogen-bond acceptors (Lipinski definition) is 2. The van der Waals surface area contributed by atoms with Gasteiger partial charge in [0.05, 0.1) is 0 Å². The Bertz CT molecular complexity index is 259. The standard InChI is InChI=1S/C13H23NO3/c1-2-10(8-9-12(15)16)13(17)14-11-6-4-3-5-7-11/h10-11H,2-9H2,1H3,(H,14,17)(H,15,16). The van der Waals surface area contributed by atoms with Crippen LogP contribution in [0.15, 0.2) is 0 Å². The van der Waals surface area contributed by atoms with Gasteiger partial charge in [-0.05, 0) is 25.7 Å².